The standard InChI is InChI=1S/C11H9F6NO2S/c12-10(13,14)7-5-6(9(18)21)1-2-8(7)19-3-4-20-11(15,16)17/h1-2,5H,3-4H2,(H2,18,21). The highest BCUT2D eigenvalue weighted by Gasteiger charge is 2.35. The highest BCUT2D eigenvalue weighted by atomic mass is 32.1. The van der Waals surface area contributed by atoms with Crippen LogP contribution in [-0.2, 0) is 10.9 Å². The molecule has 0 bridgehead atoms. The highest BCUT2D eigenvalue weighted by Crippen LogP contribution is 2.36. The van der Waals surface area contributed by atoms with E-state index < -0.39 is 37.1 Å². The summed E-state index contributed by atoms with van der Waals surface area (Å²) in [6.45, 7) is -1.63. The SMILES string of the molecule is NC(=S)c1ccc(OCCOC(F)(F)F)c(C(F)(F)F)c1. The first-order valence-corrected chi connectivity index (χ1v) is 5.76. The first-order valence-electron chi connectivity index (χ1n) is 5.35. The number of hydrogen-bond acceptors (Lipinski definition) is 3. The smallest absolute Gasteiger partial charge is 0.491 e. The Morgan fingerprint density at radius 3 is 2.19 bits per heavy atom. The average Bonchev–Trinajstić information content (AvgIpc) is 2.32. The fourth-order valence-electron chi connectivity index (χ4n) is 1.34. The maximum atomic E-state index is 12.8. The van der Waals surface area contributed by atoms with E-state index in [4.69, 9.17) is 5.73 Å². The van der Waals surface area contributed by atoms with E-state index in [0.29, 0.717) is 6.07 Å². The lowest BCUT2D eigenvalue weighted by molar-refractivity contribution is -0.325. The van der Waals surface area contributed by atoms with Crippen molar-refractivity contribution in [2.75, 3.05) is 13.2 Å². The summed E-state index contributed by atoms with van der Waals surface area (Å²) < 4.78 is 81.6. The highest BCUT2D eigenvalue weighted by molar-refractivity contribution is 7.80. The normalized spacial score (nSPS) is 12.3. The van der Waals surface area contributed by atoms with Crippen molar-refractivity contribution in [1.82, 2.24) is 0 Å². The molecule has 1 aromatic rings. The molecular formula is C11H9F6NO2S. The monoisotopic (exact) mass is 333 g/mol. The molecule has 0 saturated carbocycles. The molecule has 1 aromatic carbocycles. The fraction of sp³-hybridized carbons (Fsp3) is 0.364. The zero-order chi connectivity index (χ0) is 16.3. The van der Waals surface area contributed by atoms with Crippen molar-refractivity contribution in [2.24, 2.45) is 5.73 Å². The zero-order valence-electron chi connectivity index (χ0n) is 10.2. The summed E-state index contributed by atoms with van der Waals surface area (Å²) in [6.07, 6.45) is -9.63. The number of halogens is 6. The summed E-state index contributed by atoms with van der Waals surface area (Å²) in [7, 11) is 0. The summed E-state index contributed by atoms with van der Waals surface area (Å²) in [6, 6.07) is 2.78. The lowest BCUT2D eigenvalue weighted by atomic mass is 10.1. The lowest BCUT2D eigenvalue weighted by Crippen LogP contribution is -2.19. The minimum Gasteiger partial charge on any atom is -0.491 e. The predicted molar refractivity (Wildman–Crippen MR) is 64.8 cm³/mol. The van der Waals surface area contributed by atoms with Crippen LogP contribution < -0.4 is 10.5 Å². The van der Waals surface area contributed by atoms with Crippen molar-refractivity contribution in [2.45, 2.75) is 12.5 Å². The van der Waals surface area contributed by atoms with Gasteiger partial charge in [-0.15, -0.1) is 13.2 Å². The van der Waals surface area contributed by atoms with Crippen LogP contribution in [0, 0.1) is 0 Å². The van der Waals surface area contributed by atoms with Gasteiger partial charge in [-0.25, -0.2) is 0 Å². The third-order valence-corrected chi connectivity index (χ3v) is 2.41. The summed E-state index contributed by atoms with van der Waals surface area (Å²) >= 11 is 4.56. The van der Waals surface area contributed by atoms with E-state index in [1.807, 2.05) is 0 Å². The van der Waals surface area contributed by atoms with E-state index >= 15 is 0 Å². The van der Waals surface area contributed by atoms with Crippen molar-refractivity contribution < 1.29 is 35.8 Å². The third kappa shape index (κ3) is 5.76. The van der Waals surface area contributed by atoms with E-state index in [9.17, 15) is 26.3 Å². The molecule has 0 atom stereocenters. The van der Waals surface area contributed by atoms with Gasteiger partial charge in [0, 0.05) is 5.56 Å². The van der Waals surface area contributed by atoms with E-state index in [1.165, 1.54) is 6.07 Å². The van der Waals surface area contributed by atoms with Gasteiger partial charge in [-0.3, -0.25) is 4.74 Å². The topological polar surface area (TPSA) is 44.5 Å². The van der Waals surface area contributed by atoms with Crippen LogP contribution in [0.3, 0.4) is 0 Å². The maximum Gasteiger partial charge on any atom is 0.522 e. The number of nitrogens with two attached hydrogens (primary N) is 1. The van der Waals surface area contributed by atoms with Crippen molar-refractivity contribution in [3.63, 3.8) is 0 Å². The average molecular weight is 333 g/mol. The second-order valence-electron chi connectivity index (χ2n) is 3.72. The predicted octanol–water partition coefficient (Wildman–Crippen LogP) is 3.25. The molecule has 2 N–H and O–H groups in total. The summed E-state index contributed by atoms with van der Waals surface area (Å²) in [5.74, 6) is -0.631. The Balaban J connectivity index is 2.84. The Morgan fingerprint density at radius 1 is 1.10 bits per heavy atom. The number of thiocarbonyl (C=S) groups is 1. The number of rotatable bonds is 5. The number of hydrogen-bond donors (Lipinski definition) is 1. The molecule has 0 amide bonds. The molecule has 0 saturated heterocycles. The van der Waals surface area contributed by atoms with Gasteiger partial charge in [-0.05, 0) is 18.2 Å². The minimum atomic E-state index is -4.87. The van der Waals surface area contributed by atoms with E-state index in [2.05, 4.69) is 21.7 Å². The van der Waals surface area contributed by atoms with Crippen LogP contribution >= 0.6 is 12.2 Å². The molecule has 1 rings (SSSR count). The molecule has 0 spiro atoms. The van der Waals surface area contributed by atoms with Gasteiger partial charge in [-0.1, -0.05) is 12.2 Å². The van der Waals surface area contributed by atoms with Gasteiger partial charge >= 0.3 is 12.5 Å². The van der Waals surface area contributed by atoms with Crippen LogP contribution in [0.2, 0.25) is 0 Å². The second-order valence-corrected chi connectivity index (χ2v) is 4.16. The van der Waals surface area contributed by atoms with E-state index in [-0.39, 0.29) is 10.6 Å². The lowest BCUT2D eigenvalue weighted by Gasteiger charge is -2.15. The Labute approximate surface area is 120 Å². The van der Waals surface area contributed by atoms with Crippen molar-refractivity contribution >= 4 is 17.2 Å². The first kappa shape index (κ1) is 17.5. The summed E-state index contributed by atoms with van der Waals surface area (Å²) in [4.78, 5) is -0.243. The molecule has 3 nitrogen and oxygen atoms in total. The summed E-state index contributed by atoms with van der Waals surface area (Å²) in [5.41, 5.74) is 4.01. The number of benzene rings is 1. The van der Waals surface area contributed by atoms with Gasteiger partial charge in [0.15, 0.2) is 0 Å². The van der Waals surface area contributed by atoms with Crippen LogP contribution in [0.15, 0.2) is 18.2 Å². The number of ether oxygens (including phenoxy) is 2. The maximum absolute atomic E-state index is 12.8. The molecule has 0 aliphatic carbocycles. The second kappa shape index (κ2) is 6.48. The first-order chi connectivity index (χ1) is 9.50. The van der Waals surface area contributed by atoms with Crippen LogP contribution in [0.1, 0.15) is 11.1 Å². The zero-order valence-corrected chi connectivity index (χ0v) is 11.0. The molecule has 118 valence electrons. The summed E-state index contributed by atoms with van der Waals surface area (Å²) in [5, 5.41) is 0. The Bertz CT molecular complexity index is 514. The largest absolute Gasteiger partial charge is 0.522 e. The molecule has 0 aromatic heterocycles. The Hall–Kier alpha value is -1.55. The van der Waals surface area contributed by atoms with Crippen molar-refractivity contribution in [1.29, 1.82) is 0 Å². The molecule has 0 aliphatic rings. The minimum absolute atomic E-state index is 0.0313. The van der Waals surface area contributed by atoms with Crippen LogP contribution in [0.4, 0.5) is 26.3 Å². The number of alkyl halides is 6. The Kier molecular flexibility index (Phi) is 5.40. The molecule has 0 heterocycles. The van der Waals surface area contributed by atoms with Crippen LogP contribution in [0.25, 0.3) is 0 Å². The van der Waals surface area contributed by atoms with Gasteiger partial charge < -0.3 is 10.5 Å². The van der Waals surface area contributed by atoms with Gasteiger partial charge in [0.1, 0.15) is 17.3 Å². The third-order valence-electron chi connectivity index (χ3n) is 2.18. The van der Waals surface area contributed by atoms with Crippen molar-refractivity contribution in [3.8, 4) is 5.75 Å². The Morgan fingerprint density at radius 2 is 1.71 bits per heavy atom. The quantitative estimate of drug-likeness (QED) is 0.510. The molecule has 21 heavy (non-hydrogen) atoms. The van der Waals surface area contributed by atoms with Gasteiger partial charge in [0.25, 0.3) is 0 Å². The van der Waals surface area contributed by atoms with Crippen LogP contribution in [-0.4, -0.2) is 24.6 Å². The molecule has 0 aliphatic heterocycles. The molecule has 10 heteroatoms. The van der Waals surface area contributed by atoms with E-state index in [1.54, 1.807) is 0 Å². The molecule has 0 radical (unpaired) electrons. The van der Waals surface area contributed by atoms with Gasteiger partial charge in [0.05, 0.1) is 12.2 Å². The van der Waals surface area contributed by atoms with Crippen LogP contribution in [0.5, 0.6) is 5.75 Å². The fourth-order valence-corrected chi connectivity index (χ4v) is 1.47. The molecule has 0 fully saturated rings. The van der Waals surface area contributed by atoms with Crippen molar-refractivity contribution in [3.05, 3.63) is 29.3 Å². The molecule has 0 unspecified atom stereocenters. The van der Waals surface area contributed by atoms with Gasteiger partial charge in [-0.2, -0.15) is 13.2 Å². The molecular weight excluding hydrogens is 324 g/mol. The van der Waals surface area contributed by atoms with E-state index in [0.717, 1.165) is 6.07 Å². The van der Waals surface area contributed by atoms with Gasteiger partial charge in [0.2, 0.25) is 0 Å².